The second kappa shape index (κ2) is 8.34. The van der Waals surface area contributed by atoms with Gasteiger partial charge in [0.05, 0.1) is 18.0 Å². The number of aromatic nitrogens is 2. The monoisotopic (exact) mass is 381 g/mol. The van der Waals surface area contributed by atoms with Crippen molar-refractivity contribution in [3.8, 4) is 0 Å². The van der Waals surface area contributed by atoms with Gasteiger partial charge in [0, 0.05) is 6.42 Å². The van der Waals surface area contributed by atoms with Crippen LogP contribution in [0.3, 0.4) is 0 Å². The Kier molecular flexibility index (Phi) is 5.69. The van der Waals surface area contributed by atoms with E-state index in [1.165, 1.54) is 7.11 Å². The lowest BCUT2D eigenvalue weighted by molar-refractivity contribution is -0.141. The molecule has 1 aromatic heterocycles. The number of rotatable bonds is 6. The molecule has 2 aromatic carbocycles. The van der Waals surface area contributed by atoms with E-state index < -0.39 is 29.2 Å². The Bertz CT molecular complexity index is 1120. The molecular weight excluding hydrogens is 362 g/mol. The maximum atomic E-state index is 13.0. The molecule has 0 aliphatic rings. The standard InChI is InChI=1S/C20H19N3O5/c1-28-17(24)12-21-18(25)16(11-13-7-3-2-4-8-13)23-19(26)14-9-5-6-10-15(14)22-20(23)27/h2-10,16H,11-12H2,1H3,(H,21,25)(H,22,27). The molecule has 0 fully saturated rings. The fourth-order valence-corrected chi connectivity index (χ4v) is 2.95. The zero-order valence-corrected chi connectivity index (χ0v) is 15.2. The molecule has 144 valence electrons. The second-order valence-electron chi connectivity index (χ2n) is 6.15. The molecule has 2 N–H and O–H groups in total. The van der Waals surface area contributed by atoms with Gasteiger partial charge in [-0.1, -0.05) is 42.5 Å². The van der Waals surface area contributed by atoms with Crippen LogP contribution >= 0.6 is 0 Å². The summed E-state index contributed by atoms with van der Waals surface area (Å²) in [6.45, 7) is -0.360. The lowest BCUT2D eigenvalue weighted by atomic mass is 10.0. The number of nitrogens with one attached hydrogen (secondary N) is 2. The number of hydrogen-bond acceptors (Lipinski definition) is 5. The molecule has 1 heterocycles. The van der Waals surface area contributed by atoms with Gasteiger partial charge in [0.2, 0.25) is 5.91 Å². The highest BCUT2D eigenvalue weighted by molar-refractivity contribution is 5.85. The van der Waals surface area contributed by atoms with Crippen LogP contribution in [0.25, 0.3) is 10.9 Å². The lowest BCUT2D eigenvalue weighted by Gasteiger charge is -2.19. The van der Waals surface area contributed by atoms with Crippen LogP contribution in [-0.2, 0) is 20.7 Å². The number of benzene rings is 2. The van der Waals surface area contributed by atoms with Crippen LogP contribution in [-0.4, -0.2) is 35.1 Å². The summed E-state index contributed by atoms with van der Waals surface area (Å²) in [5.74, 6) is -1.26. The number of carbonyl (C=O) groups is 2. The molecule has 0 aliphatic carbocycles. The number of amides is 1. The molecule has 8 nitrogen and oxygen atoms in total. The summed E-state index contributed by atoms with van der Waals surface area (Å²) in [4.78, 5) is 52.3. The second-order valence-corrected chi connectivity index (χ2v) is 6.15. The van der Waals surface area contributed by atoms with Crippen molar-refractivity contribution in [2.75, 3.05) is 13.7 Å². The number of methoxy groups -OCH3 is 1. The topological polar surface area (TPSA) is 110 Å². The third kappa shape index (κ3) is 4.01. The smallest absolute Gasteiger partial charge is 0.329 e. The highest BCUT2D eigenvalue weighted by atomic mass is 16.5. The Labute approximate surface area is 159 Å². The molecule has 0 bridgehead atoms. The summed E-state index contributed by atoms with van der Waals surface area (Å²) in [5.41, 5.74) is -0.117. The van der Waals surface area contributed by atoms with E-state index >= 15 is 0 Å². The molecule has 0 saturated heterocycles. The predicted molar refractivity (Wildman–Crippen MR) is 103 cm³/mol. The fourth-order valence-electron chi connectivity index (χ4n) is 2.95. The van der Waals surface area contributed by atoms with Crippen molar-refractivity contribution in [3.63, 3.8) is 0 Å². The number of esters is 1. The van der Waals surface area contributed by atoms with Gasteiger partial charge < -0.3 is 15.0 Å². The molecule has 0 aliphatic heterocycles. The van der Waals surface area contributed by atoms with Crippen molar-refractivity contribution in [1.29, 1.82) is 0 Å². The molecule has 0 saturated carbocycles. The van der Waals surface area contributed by atoms with Gasteiger partial charge in [-0.05, 0) is 17.7 Å². The number of hydrogen-bond donors (Lipinski definition) is 2. The van der Waals surface area contributed by atoms with E-state index in [-0.39, 0.29) is 13.0 Å². The average Bonchev–Trinajstić information content (AvgIpc) is 2.71. The molecule has 0 radical (unpaired) electrons. The van der Waals surface area contributed by atoms with E-state index in [0.29, 0.717) is 10.9 Å². The number of fused-ring (bicyclic) bond motifs is 1. The van der Waals surface area contributed by atoms with Gasteiger partial charge >= 0.3 is 11.7 Å². The van der Waals surface area contributed by atoms with Crippen LogP contribution in [0.4, 0.5) is 0 Å². The van der Waals surface area contributed by atoms with E-state index in [2.05, 4.69) is 15.0 Å². The minimum atomic E-state index is -1.13. The number of aromatic amines is 1. The van der Waals surface area contributed by atoms with Crippen molar-refractivity contribution < 1.29 is 14.3 Å². The maximum absolute atomic E-state index is 13.0. The number of H-pyrrole nitrogens is 1. The molecule has 8 heteroatoms. The van der Waals surface area contributed by atoms with E-state index in [4.69, 9.17) is 0 Å². The van der Waals surface area contributed by atoms with Gasteiger partial charge in [-0.2, -0.15) is 0 Å². The molecule has 1 unspecified atom stereocenters. The molecule has 1 atom stereocenters. The summed E-state index contributed by atoms with van der Waals surface area (Å²) in [6.07, 6.45) is 0.106. The molecule has 3 aromatic rings. The first-order valence-electron chi connectivity index (χ1n) is 8.63. The van der Waals surface area contributed by atoms with Gasteiger partial charge in [0.25, 0.3) is 5.56 Å². The Morgan fingerprint density at radius 3 is 2.46 bits per heavy atom. The van der Waals surface area contributed by atoms with Crippen LogP contribution < -0.4 is 16.6 Å². The quantitative estimate of drug-likeness (QED) is 0.613. The van der Waals surface area contributed by atoms with E-state index in [0.717, 1.165) is 10.1 Å². The first-order valence-corrected chi connectivity index (χ1v) is 8.63. The van der Waals surface area contributed by atoms with Gasteiger partial charge in [0.1, 0.15) is 12.6 Å². The third-order valence-electron chi connectivity index (χ3n) is 4.36. The van der Waals surface area contributed by atoms with Crippen molar-refractivity contribution in [1.82, 2.24) is 14.9 Å². The minimum Gasteiger partial charge on any atom is -0.468 e. The Morgan fingerprint density at radius 1 is 1.07 bits per heavy atom. The van der Waals surface area contributed by atoms with Crippen LogP contribution in [0.2, 0.25) is 0 Å². The zero-order chi connectivity index (χ0) is 20.1. The van der Waals surface area contributed by atoms with Crippen molar-refractivity contribution >= 4 is 22.8 Å². The number of carbonyl (C=O) groups excluding carboxylic acids is 2. The van der Waals surface area contributed by atoms with E-state index in [1.807, 2.05) is 6.07 Å². The zero-order valence-electron chi connectivity index (χ0n) is 15.2. The number of ether oxygens (including phenoxy) is 1. The summed E-state index contributed by atoms with van der Waals surface area (Å²) >= 11 is 0. The molecule has 3 rings (SSSR count). The average molecular weight is 381 g/mol. The van der Waals surface area contributed by atoms with E-state index in [1.54, 1.807) is 48.5 Å². The van der Waals surface area contributed by atoms with Crippen LogP contribution in [0.5, 0.6) is 0 Å². The van der Waals surface area contributed by atoms with E-state index in [9.17, 15) is 19.2 Å². The Morgan fingerprint density at radius 2 is 1.75 bits per heavy atom. The highest BCUT2D eigenvalue weighted by Gasteiger charge is 2.25. The highest BCUT2D eigenvalue weighted by Crippen LogP contribution is 2.13. The predicted octanol–water partition coefficient (Wildman–Crippen LogP) is 0.763. The summed E-state index contributed by atoms with van der Waals surface area (Å²) in [6, 6.07) is 14.4. The van der Waals surface area contributed by atoms with Crippen molar-refractivity contribution in [3.05, 3.63) is 81.0 Å². The van der Waals surface area contributed by atoms with Crippen LogP contribution in [0.15, 0.2) is 64.2 Å². The molecule has 28 heavy (non-hydrogen) atoms. The maximum Gasteiger partial charge on any atom is 0.329 e. The number of nitrogens with zero attached hydrogens (tertiary/aromatic N) is 1. The summed E-state index contributed by atoms with van der Waals surface area (Å²) in [7, 11) is 1.20. The molecular formula is C20H19N3O5. The number of para-hydroxylation sites is 1. The normalized spacial score (nSPS) is 11.8. The van der Waals surface area contributed by atoms with Crippen molar-refractivity contribution in [2.24, 2.45) is 0 Å². The van der Waals surface area contributed by atoms with Gasteiger partial charge in [-0.3, -0.25) is 14.4 Å². The summed E-state index contributed by atoms with van der Waals surface area (Å²) in [5, 5.41) is 2.72. The van der Waals surface area contributed by atoms with Crippen LogP contribution in [0, 0.1) is 0 Å². The SMILES string of the molecule is COC(=O)CNC(=O)C(Cc1ccccc1)n1c(=O)[nH]c2ccccc2c1=O. The summed E-state index contributed by atoms with van der Waals surface area (Å²) < 4.78 is 5.41. The van der Waals surface area contributed by atoms with Gasteiger partial charge in [-0.15, -0.1) is 0 Å². The molecule has 0 spiro atoms. The first-order chi connectivity index (χ1) is 13.5. The largest absolute Gasteiger partial charge is 0.468 e. The fraction of sp³-hybridized carbons (Fsp3) is 0.200. The van der Waals surface area contributed by atoms with Gasteiger partial charge in [0.15, 0.2) is 0 Å². The van der Waals surface area contributed by atoms with Crippen molar-refractivity contribution in [2.45, 2.75) is 12.5 Å². The third-order valence-corrected chi connectivity index (χ3v) is 4.36. The minimum absolute atomic E-state index is 0.106. The lowest BCUT2D eigenvalue weighted by Crippen LogP contribution is -2.46. The van der Waals surface area contributed by atoms with Gasteiger partial charge in [-0.25, -0.2) is 9.36 Å². The Balaban J connectivity index is 2.07. The van der Waals surface area contributed by atoms with Crippen LogP contribution in [0.1, 0.15) is 11.6 Å². The Hall–Kier alpha value is -3.68. The first kappa shape index (κ1) is 19.1. The molecule has 1 amide bonds.